The van der Waals surface area contributed by atoms with Crippen molar-refractivity contribution in [3.63, 3.8) is 0 Å². The summed E-state index contributed by atoms with van der Waals surface area (Å²) < 4.78 is 5.45. The van der Waals surface area contributed by atoms with Gasteiger partial charge in [-0.15, -0.1) is 0 Å². The van der Waals surface area contributed by atoms with E-state index in [1.807, 2.05) is 0 Å². The molecule has 2 aromatic carbocycles. The molecule has 20 heavy (non-hydrogen) atoms. The number of ether oxygens (including phenoxy) is 1. The fourth-order valence-corrected chi connectivity index (χ4v) is 2.07. The number of halogens is 1. The van der Waals surface area contributed by atoms with Gasteiger partial charge >= 0.3 is 5.97 Å². The summed E-state index contributed by atoms with van der Waals surface area (Å²) >= 11 is 3.31. The molecule has 0 unspecified atom stereocenters. The lowest BCUT2D eigenvalue weighted by Crippen LogP contribution is -2.02. The number of nitro benzene ring substituents is 1. The molecular formula is C14H10BrNO4. The highest BCUT2D eigenvalue weighted by atomic mass is 79.9. The van der Waals surface area contributed by atoms with Gasteiger partial charge in [0.15, 0.2) is 0 Å². The van der Waals surface area contributed by atoms with Crippen LogP contribution >= 0.6 is 15.9 Å². The lowest BCUT2D eigenvalue weighted by Gasteiger charge is -2.05. The number of benzene rings is 2. The lowest BCUT2D eigenvalue weighted by atomic mass is 10.0. The Labute approximate surface area is 123 Å². The molecule has 0 fully saturated rings. The fraction of sp³-hybridized carbons (Fsp3) is 0.0714. The van der Waals surface area contributed by atoms with Crippen molar-refractivity contribution in [2.24, 2.45) is 0 Å². The largest absolute Gasteiger partial charge is 0.465 e. The number of nitrogens with zero attached hydrogens (tertiary/aromatic N) is 1. The van der Waals surface area contributed by atoms with E-state index in [9.17, 15) is 14.9 Å². The van der Waals surface area contributed by atoms with Crippen molar-refractivity contribution >= 4 is 27.6 Å². The van der Waals surface area contributed by atoms with E-state index < -0.39 is 10.9 Å². The van der Waals surface area contributed by atoms with Crippen molar-refractivity contribution in [3.05, 3.63) is 62.6 Å². The minimum absolute atomic E-state index is 0.129. The zero-order valence-corrected chi connectivity index (χ0v) is 12.1. The number of nitro groups is 1. The Hall–Kier alpha value is -2.21. The molecule has 2 rings (SSSR count). The van der Waals surface area contributed by atoms with Crippen molar-refractivity contribution in [2.75, 3.05) is 7.11 Å². The summed E-state index contributed by atoms with van der Waals surface area (Å²) in [6.07, 6.45) is 0. The molecule has 0 aliphatic heterocycles. The normalized spacial score (nSPS) is 10.1. The van der Waals surface area contributed by atoms with E-state index in [1.54, 1.807) is 30.3 Å². The molecule has 6 heteroatoms. The van der Waals surface area contributed by atoms with Crippen LogP contribution in [0.3, 0.4) is 0 Å². The maximum absolute atomic E-state index is 11.4. The van der Waals surface area contributed by atoms with E-state index in [2.05, 4.69) is 20.7 Å². The van der Waals surface area contributed by atoms with Gasteiger partial charge < -0.3 is 4.74 Å². The summed E-state index contributed by atoms with van der Waals surface area (Å²) in [6.45, 7) is 0. The first-order valence-electron chi connectivity index (χ1n) is 5.65. The maximum atomic E-state index is 11.4. The topological polar surface area (TPSA) is 69.4 Å². The summed E-state index contributed by atoms with van der Waals surface area (Å²) in [5.74, 6) is -0.601. The van der Waals surface area contributed by atoms with Gasteiger partial charge in [0.1, 0.15) is 0 Å². The molecule has 0 aromatic heterocycles. The number of esters is 1. The average molecular weight is 336 g/mol. The predicted octanol–water partition coefficient (Wildman–Crippen LogP) is 3.81. The third-order valence-corrected chi connectivity index (χ3v) is 3.30. The Kier molecular flexibility index (Phi) is 4.14. The van der Waals surface area contributed by atoms with Crippen LogP contribution in [0.2, 0.25) is 0 Å². The van der Waals surface area contributed by atoms with Crippen LogP contribution in [0.15, 0.2) is 46.9 Å². The van der Waals surface area contributed by atoms with Crippen molar-refractivity contribution < 1.29 is 14.5 Å². The SMILES string of the molecule is COC(=O)c1ccc(-c2ccc(Br)cc2)c([N+](=O)[O-])c1. The first kappa shape index (κ1) is 14.2. The molecule has 102 valence electrons. The summed E-state index contributed by atoms with van der Waals surface area (Å²) in [5, 5.41) is 11.2. The number of rotatable bonds is 3. The minimum atomic E-state index is -0.601. The second-order valence-electron chi connectivity index (χ2n) is 3.99. The van der Waals surface area contributed by atoms with Gasteiger partial charge in [0, 0.05) is 10.5 Å². The summed E-state index contributed by atoms with van der Waals surface area (Å²) in [7, 11) is 1.23. The molecule has 0 spiro atoms. The van der Waals surface area contributed by atoms with E-state index in [4.69, 9.17) is 0 Å². The number of carbonyl (C=O) groups is 1. The lowest BCUT2D eigenvalue weighted by molar-refractivity contribution is -0.384. The van der Waals surface area contributed by atoms with Gasteiger partial charge in [-0.05, 0) is 29.8 Å². The van der Waals surface area contributed by atoms with Crippen molar-refractivity contribution in [1.82, 2.24) is 0 Å². The quantitative estimate of drug-likeness (QED) is 0.485. The zero-order valence-electron chi connectivity index (χ0n) is 10.5. The molecule has 0 atom stereocenters. The standard InChI is InChI=1S/C14H10BrNO4/c1-20-14(17)10-4-7-12(13(8-10)16(18)19)9-2-5-11(15)6-3-9/h2-8H,1H3. The first-order valence-corrected chi connectivity index (χ1v) is 6.45. The molecule has 0 saturated carbocycles. The van der Waals surface area contributed by atoms with Crippen molar-refractivity contribution in [3.8, 4) is 11.1 Å². The summed E-state index contributed by atoms with van der Waals surface area (Å²) in [5.41, 5.74) is 1.18. The van der Waals surface area contributed by atoms with E-state index >= 15 is 0 Å². The number of hydrogen-bond donors (Lipinski definition) is 0. The highest BCUT2D eigenvalue weighted by molar-refractivity contribution is 9.10. The molecule has 0 aliphatic rings. The van der Waals surface area contributed by atoms with Crippen molar-refractivity contribution in [2.45, 2.75) is 0 Å². The molecule has 0 heterocycles. The van der Waals surface area contributed by atoms with E-state index in [-0.39, 0.29) is 11.3 Å². The first-order chi connectivity index (χ1) is 9.52. The molecular weight excluding hydrogens is 326 g/mol. The van der Waals surface area contributed by atoms with E-state index in [0.29, 0.717) is 11.1 Å². The van der Waals surface area contributed by atoms with Crippen LogP contribution in [-0.2, 0) is 4.74 Å². The molecule has 0 bridgehead atoms. The monoisotopic (exact) mass is 335 g/mol. The van der Waals surface area contributed by atoms with Crippen molar-refractivity contribution in [1.29, 1.82) is 0 Å². The van der Waals surface area contributed by atoms with Gasteiger partial charge in [0.2, 0.25) is 0 Å². The number of carbonyl (C=O) groups excluding carboxylic acids is 1. The predicted molar refractivity (Wildman–Crippen MR) is 77.6 cm³/mol. The van der Waals surface area contributed by atoms with Crippen LogP contribution < -0.4 is 0 Å². The van der Waals surface area contributed by atoms with E-state index in [1.165, 1.54) is 19.2 Å². The molecule has 0 saturated heterocycles. The highest BCUT2D eigenvalue weighted by Gasteiger charge is 2.18. The fourth-order valence-electron chi connectivity index (χ4n) is 1.80. The van der Waals surface area contributed by atoms with Crippen LogP contribution in [-0.4, -0.2) is 18.0 Å². The Morgan fingerprint density at radius 2 is 1.85 bits per heavy atom. The summed E-state index contributed by atoms with van der Waals surface area (Å²) in [6, 6.07) is 11.4. The van der Waals surface area contributed by atoms with Gasteiger partial charge in [-0.2, -0.15) is 0 Å². The molecule has 0 N–H and O–H groups in total. The minimum Gasteiger partial charge on any atom is -0.465 e. The van der Waals surface area contributed by atoms with Crippen LogP contribution in [0.1, 0.15) is 10.4 Å². The maximum Gasteiger partial charge on any atom is 0.338 e. The molecule has 5 nitrogen and oxygen atoms in total. The van der Waals surface area contributed by atoms with Crippen LogP contribution in [0.5, 0.6) is 0 Å². The highest BCUT2D eigenvalue weighted by Crippen LogP contribution is 2.31. The van der Waals surface area contributed by atoms with Gasteiger partial charge in [0.05, 0.1) is 23.2 Å². The van der Waals surface area contributed by atoms with E-state index in [0.717, 1.165) is 4.47 Å². The second kappa shape index (κ2) is 5.83. The Bertz CT molecular complexity index is 667. The summed E-state index contributed by atoms with van der Waals surface area (Å²) in [4.78, 5) is 22.1. The van der Waals surface area contributed by atoms with Gasteiger partial charge in [-0.25, -0.2) is 4.79 Å². The number of methoxy groups -OCH3 is 1. The average Bonchev–Trinajstić information content (AvgIpc) is 2.46. The molecule has 0 aliphatic carbocycles. The Morgan fingerprint density at radius 3 is 2.40 bits per heavy atom. The molecule has 0 radical (unpaired) electrons. The van der Waals surface area contributed by atoms with Gasteiger partial charge in [-0.3, -0.25) is 10.1 Å². The van der Waals surface area contributed by atoms with Crippen LogP contribution in [0.25, 0.3) is 11.1 Å². The third-order valence-electron chi connectivity index (χ3n) is 2.77. The number of hydrogen-bond acceptors (Lipinski definition) is 4. The molecule has 0 amide bonds. The van der Waals surface area contributed by atoms with Crippen LogP contribution in [0, 0.1) is 10.1 Å². The van der Waals surface area contributed by atoms with Gasteiger partial charge in [0.25, 0.3) is 5.69 Å². The Balaban J connectivity index is 2.56. The second-order valence-corrected chi connectivity index (χ2v) is 4.90. The third kappa shape index (κ3) is 2.85. The van der Waals surface area contributed by atoms with Crippen LogP contribution in [0.4, 0.5) is 5.69 Å². The Morgan fingerprint density at radius 1 is 1.20 bits per heavy atom. The zero-order chi connectivity index (χ0) is 14.7. The molecule has 2 aromatic rings. The smallest absolute Gasteiger partial charge is 0.338 e. The van der Waals surface area contributed by atoms with Gasteiger partial charge in [-0.1, -0.05) is 28.1 Å².